The van der Waals surface area contributed by atoms with Crippen molar-refractivity contribution in [2.45, 2.75) is 18.9 Å². The van der Waals surface area contributed by atoms with Crippen LogP contribution >= 0.6 is 0 Å². The number of carbonyl (C=O) groups is 3. The summed E-state index contributed by atoms with van der Waals surface area (Å²) < 4.78 is 0. The van der Waals surface area contributed by atoms with E-state index >= 15 is 0 Å². The van der Waals surface area contributed by atoms with Crippen LogP contribution in [0.15, 0.2) is 47.8 Å². The highest BCUT2D eigenvalue weighted by molar-refractivity contribution is 6.46. The summed E-state index contributed by atoms with van der Waals surface area (Å²) in [5.41, 5.74) is 8.90. The van der Waals surface area contributed by atoms with Gasteiger partial charge in [0.15, 0.2) is 0 Å². The van der Waals surface area contributed by atoms with Crippen molar-refractivity contribution in [2.75, 3.05) is 6.54 Å². The number of phenols is 1. The Morgan fingerprint density at radius 3 is 2.70 bits per heavy atom. The van der Waals surface area contributed by atoms with Crippen LogP contribution in [0.2, 0.25) is 0 Å². The fourth-order valence-corrected chi connectivity index (χ4v) is 2.96. The summed E-state index contributed by atoms with van der Waals surface area (Å²) in [6.45, 7) is 0.832. The monoisotopic (exact) mass is 369 g/mol. The van der Waals surface area contributed by atoms with Crippen LogP contribution in [-0.2, 0) is 20.8 Å². The molecule has 1 saturated heterocycles. The van der Waals surface area contributed by atoms with E-state index in [1.807, 2.05) is 0 Å². The highest BCUT2D eigenvalue weighted by atomic mass is 16.4. The fraction of sp³-hybridized carbons (Fsp3) is 0.211. The van der Waals surface area contributed by atoms with Gasteiger partial charge in [0.1, 0.15) is 11.8 Å². The zero-order chi connectivity index (χ0) is 19.6. The molecule has 140 valence electrons. The Labute approximate surface area is 154 Å². The van der Waals surface area contributed by atoms with Gasteiger partial charge < -0.3 is 26.2 Å². The molecule has 0 radical (unpaired) electrons. The molecule has 8 nitrogen and oxygen atoms in total. The zero-order valence-corrected chi connectivity index (χ0v) is 14.4. The fourth-order valence-electron chi connectivity index (χ4n) is 2.96. The van der Waals surface area contributed by atoms with Crippen LogP contribution in [0, 0.1) is 0 Å². The van der Waals surface area contributed by atoms with E-state index in [-0.39, 0.29) is 12.2 Å². The molecule has 1 atom stereocenters. The summed E-state index contributed by atoms with van der Waals surface area (Å²) in [6, 6.07) is 3.97. The number of hydrogen-bond donors (Lipinski definition) is 5. The molecule has 1 aliphatic carbocycles. The molecule has 0 bridgehead atoms. The average molecular weight is 369 g/mol. The van der Waals surface area contributed by atoms with Crippen LogP contribution in [0.5, 0.6) is 5.75 Å². The molecule has 0 saturated carbocycles. The minimum Gasteiger partial charge on any atom is -0.508 e. The zero-order valence-electron chi connectivity index (χ0n) is 14.4. The van der Waals surface area contributed by atoms with Gasteiger partial charge in [0.2, 0.25) is 11.6 Å². The number of rotatable bonds is 3. The van der Waals surface area contributed by atoms with Crippen LogP contribution in [0.4, 0.5) is 0 Å². The van der Waals surface area contributed by atoms with Crippen molar-refractivity contribution < 1.29 is 24.6 Å². The van der Waals surface area contributed by atoms with Crippen LogP contribution in [0.25, 0.3) is 10.9 Å². The Morgan fingerprint density at radius 2 is 1.96 bits per heavy atom. The number of allylic oxidation sites excluding steroid dienone is 3. The lowest BCUT2D eigenvalue weighted by atomic mass is 10.0. The molecule has 2 aromatic rings. The van der Waals surface area contributed by atoms with Crippen molar-refractivity contribution >= 4 is 28.4 Å². The van der Waals surface area contributed by atoms with Crippen LogP contribution in [-0.4, -0.2) is 45.3 Å². The molecule has 1 aliphatic heterocycles. The van der Waals surface area contributed by atoms with Crippen molar-refractivity contribution in [3.63, 3.8) is 0 Å². The maximum atomic E-state index is 10.8. The molecule has 0 amide bonds. The highest BCUT2D eigenvalue weighted by Crippen LogP contribution is 2.23. The topological polar surface area (TPSA) is 146 Å². The van der Waals surface area contributed by atoms with E-state index in [1.165, 1.54) is 12.2 Å². The van der Waals surface area contributed by atoms with Gasteiger partial charge in [0, 0.05) is 41.8 Å². The Hall–Kier alpha value is -3.39. The van der Waals surface area contributed by atoms with E-state index in [1.54, 1.807) is 24.4 Å². The van der Waals surface area contributed by atoms with Crippen LogP contribution < -0.4 is 11.1 Å². The predicted octanol–water partition coefficient (Wildman–Crippen LogP) is 0.770. The largest absolute Gasteiger partial charge is 0.508 e. The smallest absolute Gasteiger partial charge is 0.320 e. The summed E-state index contributed by atoms with van der Waals surface area (Å²) in [5, 5.41) is 21.9. The molecule has 8 heteroatoms. The standard InChI is InChI=1S/C11H12N2O3.C8H7NO2/c12-9(11(15)16)3-6-5-13-10-2-1-7(14)4-8(6)10;10-7-3-5-1-2-9-6(5)4-8(7)11/h1-2,4-5,9,13-14H,3,12H2,(H,15,16);3-4,9H,1-2H2/t9-;/m0./s1. The van der Waals surface area contributed by atoms with E-state index in [0.717, 1.165) is 40.7 Å². The quantitative estimate of drug-likeness (QED) is 0.397. The third-order valence-corrected chi connectivity index (χ3v) is 4.39. The van der Waals surface area contributed by atoms with E-state index in [0.29, 0.717) is 0 Å². The third kappa shape index (κ3) is 4.06. The lowest BCUT2D eigenvalue weighted by molar-refractivity contribution is -0.138. The number of aromatic amines is 1. The molecule has 27 heavy (non-hydrogen) atoms. The van der Waals surface area contributed by atoms with Gasteiger partial charge in [0.05, 0.1) is 0 Å². The number of aliphatic carboxylic acids is 1. The number of carbonyl (C=O) groups excluding carboxylic acids is 2. The summed E-state index contributed by atoms with van der Waals surface area (Å²) in [4.78, 5) is 35.3. The summed E-state index contributed by atoms with van der Waals surface area (Å²) in [7, 11) is 0. The molecule has 6 N–H and O–H groups in total. The third-order valence-electron chi connectivity index (χ3n) is 4.39. The number of fused-ring (bicyclic) bond motifs is 2. The molecule has 0 unspecified atom stereocenters. The number of hydrogen-bond acceptors (Lipinski definition) is 6. The number of phenolic OH excluding ortho intramolecular Hbond substituents is 1. The minimum atomic E-state index is -1.03. The molecular weight excluding hydrogens is 350 g/mol. The van der Waals surface area contributed by atoms with Crippen molar-refractivity contribution in [3.05, 3.63) is 53.4 Å². The maximum Gasteiger partial charge on any atom is 0.320 e. The second-order valence-electron chi connectivity index (χ2n) is 6.33. The number of aromatic nitrogens is 1. The predicted molar refractivity (Wildman–Crippen MR) is 98.1 cm³/mol. The van der Waals surface area contributed by atoms with E-state index < -0.39 is 23.6 Å². The molecule has 0 spiro atoms. The maximum absolute atomic E-state index is 10.8. The Morgan fingerprint density at radius 1 is 1.22 bits per heavy atom. The SMILES string of the molecule is N[C@@H](Cc1c[nH]c2ccc(O)cc12)C(=O)O.O=C1C=C2CCNC2=CC1=O. The second-order valence-corrected chi connectivity index (χ2v) is 6.33. The first-order valence-corrected chi connectivity index (χ1v) is 8.37. The van der Waals surface area contributed by atoms with E-state index in [9.17, 15) is 19.5 Å². The van der Waals surface area contributed by atoms with Gasteiger partial charge in [-0.3, -0.25) is 14.4 Å². The summed E-state index contributed by atoms with van der Waals surface area (Å²) in [5.74, 6) is -1.70. The first-order valence-electron chi connectivity index (χ1n) is 8.37. The van der Waals surface area contributed by atoms with Gasteiger partial charge in [-0.05, 0) is 41.8 Å². The molecular formula is C19H19N3O5. The van der Waals surface area contributed by atoms with Crippen molar-refractivity contribution in [1.29, 1.82) is 0 Å². The van der Waals surface area contributed by atoms with E-state index in [4.69, 9.17) is 10.8 Å². The van der Waals surface area contributed by atoms with Crippen molar-refractivity contribution in [1.82, 2.24) is 10.3 Å². The first-order chi connectivity index (χ1) is 12.8. The van der Waals surface area contributed by atoms with Crippen molar-refractivity contribution in [3.8, 4) is 5.75 Å². The van der Waals surface area contributed by atoms with Crippen LogP contribution in [0.3, 0.4) is 0 Å². The van der Waals surface area contributed by atoms with Gasteiger partial charge in [-0.2, -0.15) is 0 Å². The average Bonchev–Trinajstić information content (AvgIpc) is 3.22. The normalized spacial score (nSPS) is 16.6. The van der Waals surface area contributed by atoms with Gasteiger partial charge in [-0.25, -0.2) is 0 Å². The number of carboxylic acid groups (broad SMARTS) is 1. The number of ketones is 2. The number of carboxylic acids is 1. The Balaban J connectivity index is 0.000000166. The van der Waals surface area contributed by atoms with Gasteiger partial charge >= 0.3 is 5.97 Å². The van der Waals surface area contributed by atoms with Crippen molar-refractivity contribution in [2.24, 2.45) is 5.73 Å². The molecule has 4 rings (SSSR count). The lowest BCUT2D eigenvalue weighted by Crippen LogP contribution is -2.32. The van der Waals surface area contributed by atoms with Crippen LogP contribution in [0.1, 0.15) is 12.0 Å². The number of H-pyrrole nitrogens is 1. The van der Waals surface area contributed by atoms with Gasteiger partial charge in [-0.1, -0.05) is 0 Å². The number of benzene rings is 1. The molecule has 1 fully saturated rings. The van der Waals surface area contributed by atoms with Gasteiger partial charge in [-0.15, -0.1) is 0 Å². The molecule has 1 aromatic carbocycles. The summed E-state index contributed by atoms with van der Waals surface area (Å²) >= 11 is 0. The molecule has 2 heterocycles. The number of nitrogens with one attached hydrogen (secondary N) is 2. The lowest BCUT2D eigenvalue weighted by Gasteiger charge is -2.04. The second kappa shape index (κ2) is 7.46. The molecule has 1 aromatic heterocycles. The Kier molecular flexibility index (Phi) is 5.09. The Bertz CT molecular complexity index is 956. The number of aromatic hydroxyl groups is 1. The van der Waals surface area contributed by atoms with E-state index in [2.05, 4.69) is 10.3 Å². The summed E-state index contributed by atoms with van der Waals surface area (Å²) in [6.07, 6.45) is 5.61. The first kappa shape index (κ1) is 18.4. The van der Waals surface area contributed by atoms with Gasteiger partial charge in [0.25, 0.3) is 0 Å². The molecule has 2 aliphatic rings. The number of nitrogens with two attached hydrogens (primary N) is 1. The minimum absolute atomic E-state index is 0.150. The highest BCUT2D eigenvalue weighted by Gasteiger charge is 2.22.